The average Bonchev–Trinajstić information content (AvgIpc) is 1.98. The highest BCUT2D eigenvalue weighted by Gasteiger charge is 2.12. The van der Waals surface area contributed by atoms with Gasteiger partial charge in [0.25, 0.3) is 0 Å². The molecule has 0 rings (SSSR count). The van der Waals surface area contributed by atoms with Gasteiger partial charge in [0.05, 0.1) is 18.3 Å². The number of carboxylic acids is 1. The van der Waals surface area contributed by atoms with Crippen LogP contribution in [-0.2, 0) is 14.8 Å². The Morgan fingerprint density at radius 1 is 1.54 bits per heavy atom. The summed E-state index contributed by atoms with van der Waals surface area (Å²) in [4.78, 5) is 10.0. The Hall–Kier alpha value is -0.660. The van der Waals surface area contributed by atoms with Gasteiger partial charge in [0.1, 0.15) is 0 Å². The van der Waals surface area contributed by atoms with Crippen molar-refractivity contribution in [1.82, 2.24) is 4.72 Å². The Labute approximate surface area is 76.6 Å². The number of nitrogens with one attached hydrogen (secondary N) is 1. The number of sulfonamides is 1. The van der Waals surface area contributed by atoms with Crippen molar-refractivity contribution in [2.24, 2.45) is 0 Å². The molecule has 78 valence electrons. The van der Waals surface area contributed by atoms with Crippen LogP contribution in [0.25, 0.3) is 0 Å². The molecule has 0 aromatic rings. The Kier molecular flexibility index (Phi) is 4.89. The molecule has 3 N–H and O–H groups in total. The molecule has 1 atom stereocenters. The third-order valence-corrected chi connectivity index (χ3v) is 2.53. The molecule has 0 aromatic carbocycles. The van der Waals surface area contributed by atoms with Crippen LogP contribution in [0.1, 0.15) is 13.3 Å². The van der Waals surface area contributed by atoms with Crippen LogP contribution < -0.4 is 4.72 Å². The van der Waals surface area contributed by atoms with Gasteiger partial charge in [0.15, 0.2) is 0 Å². The summed E-state index contributed by atoms with van der Waals surface area (Å²) in [5, 5.41) is 17.0. The van der Waals surface area contributed by atoms with Crippen LogP contribution in [0.15, 0.2) is 0 Å². The zero-order valence-corrected chi connectivity index (χ0v) is 8.04. The third-order valence-electron chi connectivity index (χ3n) is 1.18. The average molecular weight is 211 g/mol. The topological polar surface area (TPSA) is 104 Å². The minimum absolute atomic E-state index is 0.0953. The number of carbonyl (C=O) groups is 1. The maximum absolute atomic E-state index is 11.0. The van der Waals surface area contributed by atoms with Gasteiger partial charge in [0.2, 0.25) is 10.0 Å². The molecular weight excluding hydrogens is 198 g/mol. The molecule has 0 aromatic heterocycles. The molecule has 0 unspecified atom stereocenters. The lowest BCUT2D eigenvalue weighted by atomic mass is 10.4. The first-order chi connectivity index (χ1) is 5.83. The zero-order chi connectivity index (χ0) is 10.5. The molecule has 0 spiro atoms. The van der Waals surface area contributed by atoms with Crippen LogP contribution >= 0.6 is 0 Å². The predicted octanol–water partition coefficient (Wildman–Crippen LogP) is -1.24. The summed E-state index contributed by atoms with van der Waals surface area (Å²) in [6.07, 6.45) is -1.21. The van der Waals surface area contributed by atoms with Gasteiger partial charge in [-0.1, -0.05) is 0 Å². The number of aliphatic carboxylic acids is 1. The van der Waals surface area contributed by atoms with E-state index < -0.39 is 34.3 Å². The molecular formula is C6H13NO5S. The van der Waals surface area contributed by atoms with Gasteiger partial charge in [-0.3, -0.25) is 4.79 Å². The van der Waals surface area contributed by atoms with Gasteiger partial charge in [-0.2, -0.15) is 0 Å². The van der Waals surface area contributed by atoms with E-state index in [2.05, 4.69) is 4.72 Å². The molecule has 7 heteroatoms. The lowest BCUT2D eigenvalue weighted by molar-refractivity contribution is -0.136. The van der Waals surface area contributed by atoms with Gasteiger partial charge in [-0.15, -0.1) is 0 Å². The fourth-order valence-corrected chi connectivity index (χ4v) is 1.62. The summed E-state index contributed by atoms with van der Waals surface area (Å²) >= 11 is 0. The van der Waals surface area contributed by atoms with Gasteiger partial charge >= 0.3 is 5.97 Å². The molecule has 6 nitrogen and oxygen atoms in total. The monoisotopic (exact) mass is 211 g/mol. The van der Waals surface area contributed by atoms with Crippen molar-refractivity contribution in [3.8, 4) is 0 Å². The molecule has 0 aliphatic heterocycles. The second kappa shape index (κ2) is 5.15. The highest BCUT2D eigenvalue weighted by molar-refractivity contribution is 7.89. The smallest absolute Gasteiger partial charge is 0.304 e. The van der Waals surface area contributed by atoms with Gasteiger partial charge < -0.3 is 10.2 Å². The maximum atomic E-state index is 11.0. The molecule has 0 aliphatic rings. The third kappa shape index (κ3) is 7.69. The SMILES string of the molecule is C[C@H](O)CNS(=O)(=O)CCC(=O)O. The van der Waals surface area contributed by atoms with Crippen molar-refractivity contribution in [3.05, 3.63) is 0 Å². The second-order valence-electron chi connectivity index (χ2n) is 2.66. The standard InChI is InChI=1S/C6H13NO5S/c1-5(8)4-7-13(11,12)3-2-6(9)10/h5,7-8H,2-4H2,1H3,(H,9,10)/t5-/m0/s1. The van der Waals surface area contributed by atoms with E-state index in [1.165, 1.54) is 6.92 Å². The van der Waals surface area contributed by atoms with Crippen molar-refractivity contribution in [3.63, 3.8) is 0 Å². The predicted molar refractivity (Wildman–Crippen MR) is 45.7 cm³/mol. The molecule has 0 radical (unpaired) electrons. The first-order valence-electron chi connectivity index (χ1n) is 3.70. The molecule has 0 saturated heterocycles. The Balaban J connectivity index is 3.88. The van der Waals surface area contributed by atoms with Crippen LogP contribution in [-0.4, -0.2) is 43.0 Å². The maximum Gasteiger partial charge on any atom is 0.304 e. The van der Waals surface area contributed by atoms with Crippen LogP contribution in [0.2, 0.25) is 0 Å². The Morgan fingerprint density at radius 2 is 2.08 bits per heavy atom. The minimum atomic E-state index is -3.56. The van der Waals surface area contributed by atoms with E-state index in [1.54, 1.807) is 0 Å². The van der Waals surface area contributed by atoms with Crippen molar-refractivity contribution >= 4 is 16.0 Å². The molecule has 0 bridgehead atoms. The van der Waals surface area contributed by atoms with E-state index in [9.17, 15) is 13.2 Å². The summed E-state index contributed by atoms with van der Waals surface area (Å²) in [5.74, 6) is -1.63. The zero-order valence-electron chi connectivity index (χ0n) is 7.23. The second-order valence-corrected chi connectivity index (χ2v) is 4.59. The van der Waals surface area contributed by atoms with E-state index >= 15 is 0 Å². The molecule has 0 saturated carbocycles. The number of aliphatic hydroxyl groups excluding tert-OH is 1. The fraction of sp³-hybridized carbons (Fsp3) is 0.833. The number of carboxylic acid groups (broad SMARTS) is 1. The quantitative estimate of drug-likeness (QED) is 0.510. The lowest BCUT2D eigenvalue weighted by Gasteiger charge is -2.06. The summed E-state index contributed by atoms with van der Waals surface area (Å²) in [6.45, 7) is 1.33. The van der Waals surface area contributed by atoms with Crippen molar-refractivity contribution < 1.29 is 23.4 Å². The van der Waals surface area contributed by atoms with Crippen LogP contribution in [0.4, 0.5) is 0 Å². The molecule has 13 heavy (non-hydrogen) atoms. The van der Waals surface area contributed by atoms with Crippen LogP contribution in [0, 0.1) is 0 Å². The largest absolute Gasteiger partial charge is 0.481 e. The van der Waals surface area contributed by atoms with Crippen LogP contribution in [0.3, 0.4) is 0 Å². The fourth-order valence-electron chi connectivity index (χ4n) is 0.541. The first kappa shape index (κ1) is 12.3. The van der Waals surface area contributed by atoms with Crippen molar-refractivity contribution in [2.75, 3.05) is 12.3 Å². The lowest BCUT2D eigenvalue weighted by Crippen LogP contribution is -2.33. The summed E-state index contributed by atoms with van der Waals surface area (Å²) < 4.78 is 24.0. The summed E-state index contributed by atoms with van der Waals surface area (Å²) in [7, 11) is -3.56. The van der Waals surface area contributed by atoms with Crippen molar-refractivity contribution in [2.45, 2.75) is 19.4 Å². The normalized spacial score (nSPS) is 14.0. The van der Waals surface area contributed by atoms with E-state index in [0.717, 1.165) is 0 Å². The van der Waals surface area contributed by atoms with E-state index in [-0.39, 0.29) is 6.54 Å². The Morgan fingerprint density at radius 3 is 2.46 bits per heavy atom. The minimum Gasteiger partial charge on any atom is -0.481 e. The van der Waals surface area contributed by atoms with Gasteiger partial charge in [0, 0.05) is 6.54 Å². The number of rotatable bonds is 6. The highest BCUT2D eigenvalue weighted by atomic mass is 32.2. The molecule has 0 heterocycles. The van der Waals surface area contributed by atoms with E-state index in [1.807, 2.05) is 0 Å². The van der Waals surface area contributed by atoms with Gasteiger partial charge in [-0.05, 0) is 6.92 Å². The molecule has 0 aliphatic carbocycles. The highest BCUT2D eigenvalue weighted by Crippen LogP contribution is 1.90. The number of aliphatic hydroxyl groups is 1. The molecule has 0 fully saturated rings. The summed E-state index contributed by atoms with van der Waals surface area (Å²) in [6, 6.07) is 0. The number of hydrogen-bond acceptors (Lipinski definition) is 4. The Bertz CT molecular complexity index is 258. The van der Waals surface area contributed by atoms with E-state index in [0.29, 0.717) is 0 Å². The molecule has 0 amide bonds. The number of hydrogen-bond donors (Lipinski definition) is 3. The summed E-state index contributed by atoms with van der Waals surface area (Å²) in [5.41, 5.74) is 0. The van der Waals surface area contributed by atoms with Crippen molar-refractivity contribution in [1.29, 1.82) is 0 Å². The van der Waals surface area contributed by atoms with E-state index in [4.69, 9.17) is 10.2 Å². The van der Waals surface area contributed by atoms with Gasteiger partial charge in [-0.25, -0.2) is 13.1 Å². The first-order valence-corrected chi connectivity index (χ1v) is 5.36. The van der Waals surface area contributed by atoms with Crippen LogP contribution in [0.5, 0.6) is 0 Å².